The number of aryl methyl sites for hydroxylation is 1. The fourth-order valence-corrected chi connectivity index (χ4v) is 2.56. The zero-order valence-corrected chi connectivity index (χ0v) is 12.2. The van der Waals surface area contributed by atoms with Gasteiger partial charge in [-0.2, -0.15) is 0 Å². The van der Waals surface area contributed by atoms with E-state index in [-0.39, 0.29) is 11.7 Å². The van der Waals surface area contributed by atoms with Crippen LogP contribution in [0, 0.1) is 17.0 Å². The molecule has 1 N–H and O–H groups in total. The molecular formula is C13H15N3O3S. The molecule has 0 aliphatic heterocycles. The molecule has 0 radical (unpaired) electrons. The molecule has 6 nitrogen and oxygen atoms in total. The van der Waals surface area contributed by atoms with Crippen molar-refractivity contribution in [1.82, 2.24) is 4.98 Å². The van der Waals surface area contributed by atoms with Crippen LogP contribution in [0.25, 0.3) is 0 Å². The SMILES string of the molecule is COc1ccc(NC(C)c2ncc(C)s2)c([N+](=O)[O-])c1. The van der Waals surface area contributed by atoms with Crippen molar-refractivity contribution < 1.29 is 9.66 Å². The Bertz CT molecular complexity index is 627. The van der Waals surface area contributed by atoms with Gasteiger partial charge >= 0.3 is 0 Å². The topological polar surface area (TPSA) is 77.3 Å². The summed E-state index contributed by atoms with van der Waals surface area (Å²) in [6.45, 7) is 3.90. The second kappa shape index (κ2) is 5.87. The molecule has 20 heavy (non-hydrogen) atoms. The quantitative estimate of drug-likeness (QED) is 0.674. The number of nitrogens with zero attached hydrogens (tertiary/aromatic N) is 2. The lowest BCUT2D eigenvalue weighted by Crippen LogP contribution is -2.08. The maximum absolute atomic E-state index is 11.1. The number of benzene rings is 1. The molecule has 0 aliphatic rings. The molecule has 0 spiro atoms. The van der Waals surface area contributed by atoms with Gasteiger partial charge in [-0.3, -0.25) is 10.1 Å². The minimum Gasteiger partial charge on any atom is -0.496 e. The highest BCUT2D eigenvalue weighted by atomic mass is 32.1. The van der Waals surface area contributed by atoms with Gasteiger partial charge in [0.2, 0.25) is 0 Å². The highest BCUT2D eigenvalue weighted by molar-refractivity contribution is 7.11. The van der Waals surface area contributed by atoms with E-state index in [9.17, 15) is 10.1 Å². The van der Waals surface area contributed by atoms with Crippen LogP contribution < -0.4 is 10.1 Å². The van der Waals surface area contributed by atoms with E-state index in [0.717, 1.165) is 9.88 Å². The summed E-state index contributed by atoms with van der Waals surface area (Å²) in [6.07, 6.45) is 1.79. The van der Waals surface area contributed by atoms with Gasteiger partial charge in [-0.05, 0) is 26.0 Å². The number of thiazole rings is 1. The van der Waals surface area contributed by atoms with Crippen molar-refractivity contribution in [2.24, 2.45) is 0 Å². The third-order valence-electron chi connectivity index (χ3n) is 2.78. The number of rotatable bonds is 5. The molecule has 1 aromatic heterocycles. The van der Waals surface area contributed by atoms with Gasteiger partial charge < -0.3 is 10.1 Å². The Labute approximate surface area is 120 Å². The summed E-state index contributed by atoms with van der Waals surface area (Å²) in [6, 6.07) is 4.64. The smallest absolute Gasteiger partial charge is 0.296 e. The van der Waals surface area contributed by atoms with Crippen LogP contribution in [-0.2, 0) is 0 Å². The van der Waals surface area contributed by atoms with Crippen LogP contribution in [0.5, 0.6) is 5.75 Å². The number of anilines is 1. The maximum atomic E-state index is 11.1. The highest BCUT2D eigenvalue weighted by Gasteiger charge is 2.18. The summed E-state index contributed by atoms with van der Waals surface area (Å²) < 4.78 is 5.01. The van der Waals surface area contributed by atoms with E-state index in [4.69, 9.17) is 4.74 Å². The van der Waals surface area contributed by atoms with E-state index < -0.39 is 4.92 Å². The first-order valence-electron chi connectivity index (χ1n) is 6.02. The fourth-order valence-electron chi connectivity index (χ4n) is 1.78. The van der Waals surface area contributed by atoms with E-state index in [2.05, 4.69) is 10.3 Å². The normalized spacial score (nSPS) is 11.9. The molecule has 1 aromatic carbocycles. The van der Waals surface area contributed by atoms with Gasteiger partial charge in [0.05, 0.1) is 24.1 Å². The van der Waals surface area contributed by atoms with E-state index in [1.165, 1.54) is 13.2 Å². The van der Waals surface area contributed by atoms with Gasteiger partial charge in [0.1, 0.15) is 16.4 Å². The summed E-state index contributed by atoms with van der Waals surface area (Å²) in [5.41, 5.74) is 0.445. The molecule has 7 heteroatoms. The van der Waals surface area contributed by atoms with Gasteiger partial charge in [0, 0.05) is 11.1 Å². The molecule has 0 aliphatic carbocycles. The molecule has 2 rings (SSSR count). The highest BCUT2D eigenvalue weighted by Crippen LogP contribution is 2.32. The van der Waals surface area contributed by atoms with Gasteiger partial charge in [-0.25, -0.2) is 4.98 Å². The number of aromatic nitrogens is 1. The second-order valence-corrected chi connectivity index (χ2v) is 5.58. The van der Waals surface area contributed by atoms with Crippen LogP contribution in [0.4, 0.5) is 11.4 Å². The van der Waals surface area contributed by atoms with Crippen LogP contribution >= 0.6 is 11.3 Å². The van der Waals surface area contributed by atoms with Crippen LogP contribution in [0.15, 0.2) is 24.4 Å². The molecule has 0 saturated carbocycles. The largest absolute Gasteiger partial charge is 0.496 e. The molecule has 106 valence electrons. The summed E-state index contributed by atoms with van der Waals surface area (Å²) in [5, 5.41) is 15.1. The zero-order valence-electron chi connectivity index (χ0n) is 11.4. The number of nitro benzene ring substituents is 1. The molecular weight excluding hydrogens is 278 g/mol. The summed E-state index contributed by atoms with van der Waals surface area (Å²) in [7, 11) is 1.48. The number of hydrogen-bond donors (Lipinski definition) is 1. The number of nitrogens with one attached hydrogen (secondary N) is 1. The van der Waals surface area contributed by atoms with Crippen molar-refractivity contribution in [3.8, 4) is 5.75 Å². The van der Waals surface area contributed by atoms with Crippen molar-refractivity contribution in [2.75, 3.05) is 12.4 Å². The Morgan fingerprint density at radius 1 is 1.50 bits per heavy atom. The van der Waals surface area contributed by atoms with Gasteiger partial charge in [0.15, 0.2) is 0 Å². The Hall–Kier alpha value is -2.15. The molecule has 1 unspecified atom stereocenters. The Morgan fingerprint density at radius 3 is 2.80 bits per heavy atom. The molecule has 1 atom stereocenters. The third kappa shape index (κ3) is 3.05. The zero-order chi connectivity index (χ0) is 14.7. The minimum absolute atomic E-state index is 0.00974. The van der Waals surface area contributed by atoms with E-state index in [0.29, 0.717) is 11.4 Å². The minimum atomic E-state index is -0.426. The molecule has 1 heterocycles. The lowest BCUT2D eigenvalue weighted by Gasteiger charge is -2.13. The number of ether oxygens (including phenoxy) is 1. The number of methoxy groups -OCH3 is 1. The molecule has 0 fully saturated rings. The molecule has 0 bridgehead atoms. The van der Waals surface area contributed by atoms with Crippen LogP contribution in [0.2, 0.25) is 0 Å². The summed E-state index contributed by atoms with van der Waals surface area (Å²) >= 11 is 1.57. The summed E-state index contributed by atoms with van der Waals surface area (Å²) in [4.78, 5) is 16.1. The number of nitro groups is 1. The van der Waals surface area contributed by atoms with Crippen LogP contribution in [0.3, 0.4) is 0 Å². The Balaban J connectivity index is 2.26. The Morgan fingerprint density at radius 2 is 2.25 bits per heavy atom. The molecule has 0 saturated heterocycles. The van der Waals surface area contributed by atoms with E-state index in [1.807, 2.05) is 13.8 Å². The second-order valence-electron chi connectivity index (χ2n) is 4.32. The third-order valence-corrected chi connectivity index (χ3v) is 3.88. The van der Waals surface area contributed by atoms with Gasteiger partial charge in [-0.15, -0.1) is 11.3 Å². The van der Waals surface area contributed by atoms with E-state index in [1.54, 1.807) is 29.7 Å². The standard InChI is InChI=1S/C13H15N3O3S/c1-8-7-14-13(20-8)9(2)15-11-5-4-10(19-3)6-12(11)16(17)18/h4-7,9,15H,1-3H3. The van der Waals surface area contributed by atoms with Crippen LogP contribution in [0.1, 0.15) is 22.9 Å². The van der Waals surface area contributed by atoms with E-state index >= 15 is 0 Å². The molecule has 0 amide bonds. The predicted octanol–water partition coefficient (Wildman–Crippen LogP) is 3.54. The number of hydrogen-bond acceptors (Lipinski definition) is 6. The van der Waals surface area contributed by atoms with Crippen molar-refractivity contribution in [1.29, 1.82) is 0 Å². The van der Waals surface area contributed by atoms with Gasteiger partial charge in [0.25, 0.3) is 5.69 Å². The first kappa shape index (κ1) is 14.3. The predicted molar refractivity (Wildman–Crippen MR) is 78.5 cm³/mol. The van der Waals surface area contributed by atoms with Crippen molar-refractivity contribution in [2.45, 2.75) is 19.9 Å². The summed E-state index contributed by atoms with van der Waals surface area (Å²) in [5.74, 6) is 0.458. The van der Waals surface area contributed by atoms with Crippen molar-refractivity contribution in [3.05, 3.63) is 44.4 Å². The van der Waals surface area contributed by atoms with Crippen molar-refractivity contribution in [3.63, 3.8) is 0 Å². The average molecular weight is 293 g/mol. The first-order chi connectivity index (χ1) is 9.51. The molecule has 2 aromatic rings. The lowest BCUT2D eigenvalue weighted by atomic mass is 10.2. The maximum Gasteiger partial charge on any atom is 0.296 e. The Kier molecular flexibility index (Phi) is 4.19. The van der Waals surface area contributed by atoms with Crippen LogP contribution in [-0.4, -0.2) is 17.0 Å². The van der Waals surface area contributed by atoms with Gasteiger partial charge in [-0.1, -0.05) is 0 Å². The lowest BCUT2D eigenvalue weighted by molar-refractivity contribution is -0.384. The monoisotopic (exact) mass is 293 g/mol. The average Bonchev–Trinajstić information content (AvgIpc) is 2.85. The first-order valence-corrected chi connectivity index (χ1v) is 6.84. The fraction of sp³-hybridized carbons (Fsp3) is 0.308. The van der Waals surface area contributed by atoms with Crippen molar-refractivity contribution >= 4 is 22.7 Å².